The van der Waals surface area contributed by atoms with Crippen LogP contribution in [0.2, 0.25) is 18.1 Å². The third kappa shape index (κ3) is 2.32. The molecule has 2 aliphatic rings. The van der Waals surface area contributed by atoms with E-state index >= 15 is 0 Å². The first kappa shape index (κ1) is 14.3. The Hall–Kier alpha value is -0.123. The van der Waals surface area contributed by atoms with E-state index in [9.17, 15) is 0 Å². The largest absolute Gasteiger partial charge is 0.414 e. The molecule has 0 aromatic heterocycles. The highest BCUT2D eigenvalue weighted by molar-refractivity contribution is 6.74. The molecule has 1 saturated heterocycles. The van der Waals surface area contributed by atoms with Crippen LogP contribution in [0.3, 0.4) is 0 Å². The van der Waals surface area contributed by atoms with E-state index in [0.29, 0.717) is 12.2 Å². The van der Waals surface area contributed by atoms with Crippen molar-refractivity contribution < 1.29 is 9.16 Å². The molecule has 104 valence electrons. The highest BCUT2D eigenvalue weighted by Crippen LogP contribution is 2.52. The summed E-state index contributed by atoms with van der Waals surface area (Å²) in [5.74, 6) is 0. The predicted octanol–water partition coefficient (Wildman–Crippen LogP) is 4.27. The fourth-order valence-corrected chi connectivity index (χ4v) is 4.08. The molecule has 0 radical (unpaired) electrons. The lowest BCUT2D eigenvalue weighted by Gasteiger charge is -2.41. The van der Waals surface area contributed by atoms with Crippen LogP contribution in [-0.4, -0.2) is 26.1 Å². The summed E-state index contributed by atoms with van der Waals surface area (Å²) in [5.41, 5.74) is 1.25. The molecule has 2 nitrogen and oxygen atoms in total. The first-order chi connectivity index (χ1) is 8.08. The molecule has 1 aliphatic heterocycles. The van der Waals surface area contributed by atoms with Crippen LogP contribution in [0, 0.1) is 0 Å². The monoisotopic (exact) mass is 268 g/mol. The number of ether oxygens (including phenoxy) is 1. The topological polar surface area (TPSA) is 21.8 Å². The van der Waals surface area contributed by atoms with E-state index in [0.717, 1.165) is 19.3 Å². The second-order valence-electron chi connectivity index (χ2n) is 7.50. The van der Waals surface area contributed by atoms with E-state index in [2.05, 4.69) is 47.4 Å². The molecule has 3 heteroatoms. The Morgan fingerprint density at radius 3 is 2.39 bits per heavy atom. The lowest BCUT2D eigenvalue weighted by molar-refractivity contribution is 0.114. The second kappa shape index (κ2) is 4.19. The van der Waals surface area contributed by atoms with Gasteiger partial charge in [0.05, 0.1) is 6.10 Å². The van der Waals surface area contributed by atoms with Gasteiger partial charge in [0.25, 0.3) is 0 Å². The molecule has 3 unspecified atom stereocenters. The molecular weight excluding hydrogens is 240 g/mol. The van der Waals surface area contributed by atoms with E-state index in [4.69, 9.17) is 9.16 Å². The zero-order chi connectivity index (χ0) is 13.8. The van der Waals surface area contributed by atoms with Gasteiger partial charge >= 0.3 is 0 Å². The molecule has 18 heavy (non-hydrogen) atoms. The minimum absolute atomic E-state index is 0.0364. The van der Waals surface area contributed by atoms with Gasteiger partial charge in [-0.15, -0.1) is 0 Å². The molecule has 0 aromatic carbocycles. The van der Waals surface area contributed by atoms with Crippen LogP contribution in [0.4, 0.5) is 0 Å². The van der Waals surface area contributed by atoms with Crippen LogP contribution in [0.25, 0.3) is 0 Å². The normalized spacial score (nSPS) is 37.1. The molecule has 1 aliphatic carbocycles. The van der Waals surface area contributed by atoms with Crippen molar-refractivity contribution in [1.29, 1.82) is 0 Å². The lowest BCUT2D eigenvalue weighted by atomic mass is 9.81. The van der Waals surface area contributed by atoms with Crippen molar-refractivity contribution in [1.82, 2.24) is 0 Å². The smallest absolute Gasteiger partial charge is 0.192 e. The van der Waals surface area contributed by atoms with E-state index in [1.54, 1.807) is 0 Å². The van der Waals surface area contributed by atoms with Gasteiger partial charge in [-0.2, -0.15) is 0 Å². The summed E-state index contributed by atoms with van der Waals surface area (Å²) in [4.78, 5) is 0. The SMILES string of the molecule is C=C1CCC(O[Si](C)(C)C(C)(C)C)CC12OC2C. The molecule has 3 atom stereocenters. The molecule has 0 aromatic rings. The van der Waals surface area contributed by atoms with Gasteiger partial charge in [0, 0.05) is 12.5 Å². The summed E-state index contributed by atoms with van der Waals surface area (Å²) in [6.07, 6.45) is 3.89. The Labute approximate surface area is 113 Å². The van der Waals surface area contributed by atoms with Crippen molar-refractivity contribution in [3.63, 3.8) is 0 Å². The zero-order valence-corrected chi connectivity index (χ0v) is 13.8. The summed E-state index contributed by atoms with van der Waals surface area (Å²) in [6.45, 7) is 17.9. The Morgan fingerprint density at radius 1 is 1.39 bits per heavy atom. The number of hydrogen-bond donors (Lipinski definition) is 0. The Kier molecular flexibility index (Phi) is 3.32. The first-order valence-corrected chi connectivity index (χ1v) is 10.0. The highest BCUT2D eigenvalue weighted by atomic mass is 28.4. The summed E-state index contributed by atoms with van der Waals surface area (Å²) in [5, 5.41) is 0.282. The van der Waals surface area contributed by atoms with Crippen molar-refractivity contribution in [3.05, 3.63) is 12.2 Å². The van der Waals surface area contributed by atoms with Gasteiger partial charge in [0.1, 0.15) is 5.60 Å². The van der Waals surface area contributed by atoms with Crippen molar-refractivity contribution in [2.75, 3.05) is 0 Å². The number of hydrogen-bond acceptors (Lipinski definition) is 2. The van der Waals surface area contributed by atoms with Gasteiger partial charge in [0.2, 0.25) is 0 Å². The Morgan fingerprint density at radius 2 is 1.94 bits per heavy atom. The van der Waals surface area contributed by atoms with Gasteiger partial charge in [0.15, 0.2) is 8.32 Å². The Balaban J connectivity index is 2.02. The molecule has 0 amide bonds. The minimum atomic E-state index is -1.66. The molecule has 0 bridgehead atoms. The van der Waals surface area contributed by atoms with Crippen molar-refractivity contribution in [3.8, 4) is 0 Å². The highest BCUT2D eigenvalue weighted by Gasteiger charge is 2.58. The molecule has 2 fully saturated rings. The van der Waals surface area contributed by atoms with Crippen LogP contribution in [0.5, 0.6) is 0 Å². The van der Waals surface area contributed by atoms with Crippen molar-refractivity contribution in [2.24, 2.45) is 0 Å². The predicted molar refractivity (Wildman–Crippen MR) is 78.3 cm³/mol. The van der Waals surface area contributed by atoms with Crippen LogP contribution in [-0.2, 0) is 9.16 Å². The number of rotatable bonds is 2. The third-order valence-electron chi connectivity index (χ3n) is 5.15. The molecule has 1 saturated carbocycles. The average Bonchev–Trinajstić information content (AvgIpc) is 2.82. The van der Waals surface area contributed by atoms with Gasteiger partial charge in [-0.25, -0.2) is 0 Å². The second-order valence-corrected chi connectivity index (χ2v) is 12.3. The summed E-state index contributed by atoms with van der Waals surface area (Å²) >= 11 is 0. The van der Waals surface area contributed by atoms with Crippen LogP contribution in [0.15, 0.2) is 12.2 Å². The number of epoxide rings is 1. The average molecular weight is 268 g/mol. The fraction of sp³-hybridized carbons (Fsp3) is 0.867. The van der Waals surface area contributed by atoms with Crippen molar-refractivity contribution >= 4 is 8.32 Å². The lowest BCUT2D eigenvalue weighted by Crippen LogP contribution is -2.46. The Bertz CT molecular complexity index is 356. The summed E-state index contributed by atoms with van der Waals surface area (Å²) < 4.78 is 12.4. The van der Waals surface area contributed by atoms with Crippen molar-refractivity contribution in [2.45, 2.75) is 82.9 Å². The van der Waals surface area contributed by atoms with Gasteiger partial charge in [-0.1, -0.05) is 27.4 Å². The van der Waals surface area contributed by atoms with Gasteiger partial charge in [-0.3, -0.25) is 0 Å². The molecule has 0 N–H and O–H groups in total. The molecular formula is C15H28O2Si. The quantitative estimate of drug-likeness (QED) is 0.424. The summed E-state index contributed by atoms with van der Waals surface area (Å²) in [7, 11) is -1.66. The minimum Gasteiger partial charge on any atom is -0.414 e. The van der Waals surface area contributed by atoms with Gasteiger partial charge in [-0.05, 0) is 43.5 Å². The van der Waals surface area contributed by atoms with Crippen LogP contribution in [0.1, 0.15) is 47.0 Å². The molecule has 2 rings (SSSR count). The third-order valence-corrected chi connectivity index (χ3v) is 9.69. The standard InChI is InChI=1S/C15H28O2Si/c1-11-8-9-13(10-15(11)12(2)16-15)17-18(6,7)14(3,4)5/h12-13H,1,8-10H2,2-7H3. The zero-order valence-electron chi connectivity index (χ0n) is 12.8. The molecule has 1 spiro atoms. The van der Waals surface area contributed by atoms with Crippen LogP contribution >= 0.6 is 0 Å². The van der Waals surface area contributed by atoms with E-state index in [1.807, 2.05) is 0 Å². The maximum absolute atomic E-state index is 6.53. The van der Waals surface area contributed by atoms with Crippen LogP contribution < -0.4 is 0 Å². The van der Waals surface area contributed by atoms with Gasteiger partial charge < -0.3 is 9.16 Å². The van der Waals surface area contributed by atoms with E-state index < -0.39 is 8.32 Å². The summed E-state index contributed by atoms with van der Waals surface area (Å²) in [6, 6.07) is 0. The van der Waals surface area contributed by atoms with E-state index in [1.165, 1.54) is 5.57 Å². The maximum Gasteiger partial charge on any atom is 0.192 e. The maximum atomic E-state index is 6.53. The van der Waals surface area contributed by atoms with E-state index in [-0.39, 0.29) is 10.6 Å². The molecule has 1 heterocycles. The fourth-order valence-electron chi connectivity index (χ4n) is 2.69. The first-order valence-electron chi connectivity index (χ1n) is 7.12.